The quantitative estimate of drug-likeness (QED) is 0.409. The molecule has 0 radical (unpaired) electrons. The Morgan fingerprint density at radius 2 is 1.90 bits per heavy atom. The Bertz CT molecular complexity index is 411. The summed E-state index contributed by atoms with van der Waals surface area (Å²) in [7, 11) is 0. The van der Waals surface area contributed by atoms with Crippen LogP contribution >= 0.6 is 22.6 Å². The minimum Gasteiger partial charge on any atom is -0.372 e. The summed E-state index contributed by atoms with van der Waals surface area (Å²) in [6, 6.07) is 0. The van der Waals surface area contributed by atoms with Gasteiger partial charge in [0.25, 0.3) is 0 Å². The molecule has 120 valence electrons. The highest BCUT2D eigenvalue weighted by Gasteiger charge is 2.54. The lowest BCUT2D eigenvalue weighted by atomic mass is 9.86. The van der Waals surface area contributed by atoms with Gasteiger partial charge in [0, 0.05) is 10.3 Å². The largest absolute Gasteiger partial charge is 0.372 e. The van der Waals surface area contributed by atoms with Crippen LogP contribution in [0.15, 0.2) is 12.2 Å². The summed E-state index contributed by atoms with van der Waals surface area (Å²) >= 11 is 2.39. The van der Waals surface area contributed by atoms with E-state index in [0.29, 0.717) is 12.7 Å². The molecule has 0 saturated carbocycles. The summed E-state index contributed by atoms with van der Waals surface area (Å²) in [5.74, 6) is -0.356. The second-order valence-electron chi connectivity index (χ2n) is 6.84. The molecule has 0 N–H and O–H groups in total. The van der Waals surface area contributed by atoms with E-state index in [9.17, 15) is 0 Å². The molecule has 0 bridgehead atoms. The van der Waals surface area contributed by atoms with Crippen molar-refractivity contribution in [3.8, 4) is 0 Å². The SMILES string of the molecule is C=C(C)[C@@H]1CO[C@@H]([C@H]2CC[C@@H](CI)O2)[C@H]2OC(C)(C)O[C@H]21. The lowest BCUT2D eigenvalue weighted by Crippen LogP contribution is -2.53. The summed E-state index contributed by atoms with van der Waals surface area (Å²) in [4.78, 5) is 0. The smallest absolute Gasteiger partial charge is 0.163 e. The van der Waals surface area contributed by atoms with Crippen LogP contribution in [0.3, 0.4) is 0 Å². The topological polar surface area (TPSA) is 36.9 Å². The molecule has 0 aromatic rings. The van der Waals surface area contributed by atoms with E-state index in [0.717, 1.165) is 22.8 Å². The number of rotatable bonds is 3. The fraction of sp³-hybridized carbons (Fsp3) is 0.875. The van der Waals surface area contributed by atoms with Crippen LogP contribution in [0.4, 0.5) is 0 Å². The van der Waals surface area contributed by atoms with E-state index in [1.165, 1.54) is 0 Å². The second-order valence-corrected chi connectivity index (χ2v) is 7.72. The zero-order chi connectivity index (χ0) is 15.2. The molecule has 0 aliphatic carbocycles. The van der Waals surface area contributed by atoms with Crippen molar-refractivity contribution in [2.75, 3.05) is 11.0 Å². The minimum atomic E-state index is -0.559. The maximum absolute atomic E-state index is 6.16. The first-order chi connectivity index (χ1) is 9.91. The highest BCUT2D eigenvalue weighted by molar-refractivity contribution is 14.1. The van der Waals surface area contributed by atoms with Gasteiger partial charge in [-0.15, -0.1) is 0 Å². The molecule has 0 unspecified atom stereocenters. The molecular formula is C16H25IO4. The highest BCUT2D eigenvalue weighted by Crippen LogP contribution is 2.42. The number of alkyl halides is 1. The molecule has 0 aromatic heterocycles. The second kappa shape index (κ2) is 6.07. The van der Waals surface area contributed by atoms with Crippen LogP contribution in [0.1, 0.15) is 33.6 Å². The summed E-state index contributed by atoms with van der Waals surface area (Å²) in [5.41, 5.74) is 1.10. The Kier molecular flexibility index (Phi) is 4.68. The van der Waals surface area contributed by atoms with Crippen molar-refractivity contribution in [1.29, 1.82) is 0 Å². The van der Waals surface area contributed by atoms with Crippen LogP contribution in [-0.4, -0.2) is 47.3 Å². The molecule has 0 amide bonds. The first-order valence-electron chi connectivity index (χ1n) is 7.75. The number of ether oxygens (including phenoxy) is 4. The molecular weight excluding hydrogens is 383 g/mol. The van der Waals surface area contributed by atoms with Gasteiger partial charge in [-0.2, -0.15) is 0 Å². The van der Waals surface area contributed by atoms with Crippen molar-refractivity contribution in [2.24, 2.45) is 5.92 Å². The third-order valence-electron chi connectivity index (χ3n) is 4.66. The molecule has 6 atom stereocenters. The van der Waals surface area contributed by atoms with E-state index < -0.39 is 5.79 Å². The van der Waals surface area contributed by atoms with E-state index in [-0.39, 0.29) is 30.3 Å². The predicted octanol–water partition coefficient (Wildman–Crippen LogP) is 3.08. The molecule has 3 fully saturated rings. The third kappa shape index (κ3) is 3.17. The standard InChI is InChI=1S/C16H25IO4/c1-9(2)11-8-18-14(12-6-5-10(7-17)19-12)15-13(11)20-16(3,4)21-15/h10-15H,1,5-8H2,2-4H3/t10-,11-,12+,13-,14-,15-/m0/s1. The molecule has 3 saturated heterocycles. The van der Waals surface area contributed by atoms with Gasteiger partial charge in [-0.05, 0) is 33.6 Å². The highest BCUT2D eigenvalue weighted by atomic mass is 127. The Morgan fingerprint density at radius 1 is 1.19 bits per heavy atom. The molecule has 4 nitrogen and oxygen atoms in total. The maximum Gasteiger partial charge on any atom is 0.163 e. The summed E-state index contributed by atoms with van der Waals surface area (Å²) < 4.78 is 25.6. The average Bonchev–Trinajstić information content (AvgIpc) is 2.99. The minimum absolute atomic E-state index is 0.0264. The van der Waals surface area contributed by atoms with Gasteiger partial charge in [0.1, 0.15) is 12.2 Å². The maximum atomic E-state index is 6.16. The molecule has 21 heavy (non-hydrogen) atoms. The Morgan fingerprint density at radius 3 is 2.52 bits per heavy atom. The van der Waals surface area contributed by atoms with Crippen LogP contribution in [0, 0.1) is 5.92 Å². The van der Waals surface area contributed by atoms with E-state index in [2.05, 4.69) is 29.2 Å². The van der Waals surface area contributed by atoms with Crippen molar-refractivity contribution >= 4 is 22.6 Å². The van der Waals surface area contributed by atoms with E-state index >= 15 is 0 Å². The first-order valence-corrected chi connectivity index (χ1v) is 9.28. The van der Waals surface area contributed by atoms with Gasteiger partial charge in [0.15, 0.2) is 5.79 Å². The molecule has 3 heterocycles. The van der Waals surface area contributed by atoms with Gasteiger partial charge in [-0.3, -0.25) is 0 Å². The van der Waals surface area contributed by atoms with Crippen LogP contribution < -0.4 is 0 Å². The third-order valence-corrected chi connectivity index (χ3v) is 5.65. The van der Waals surface area contributed by atoms with E-state index in [1.807, 2.05) is 20.8 Å². The number of fused-ring (bicyclic) bond motifs is 1. The predicted molar refractivity (Wildman–Crippen MR) is 88.7 cm³/mol. The number of hydrogen-bond acceptors (Lipinski definition) is 4. The zero-order valence-electron chi connectivity index (χ0n) is 13.0. The van der Waals surface area contributed by atoms with Crippen molar-refractivity contribution in [1.82, 2.24) is 0 Å². The molecule has 0 aromatic carbocycles. The molecule has 3 rings (SSSR count). The summed E-state index contributed by atoms with van der Waals surface area (Å²) in [6.45, 7) is 10.7. The van der Waals surface area contributed by atoms with E-state index in [1.54, 1.807) is 0 Å². The van der Waals surface area contributed by atoms with Crippen LogP contribution in [0.2, 0.25) is 0 Å². The zero-order valence-corrected chi connectivity index (χ0v) is 15.2. The molecule has 0 spiro atoms. The van der Waals surface area contributed by atoms with Crippen molar-refractivity contribution in [3.05, 3.63) is 12.2 Å². The monoisotopic (exact) mass is 408 g/mol. The average molecular weight is 408 g/mol. The van der Waals surface area contributed by atoms with Gasteiger partial charge in [0.2, 0.25) is 0 Å². The van der Waals surface area contributed by atoms with Crippen molar-refractivity contribution < 1.29 is 18.9 Å². The number of halogens is 1. The van der Waals surface area contributed by atoms with Crippen LogP contribution in [0.5, 0.6) is 0 Å². The van der Waals surface area contributed by atoms with Gasteiger partial charge in [-0.1, -0.05) is 34.7 Å². The first kappa shape index (κ1) is 16.2. The van der Waals surface area contributed by atoms with Crippen LogP contribution in [0.25, 0.3) is 0 Å². The molecule has 3 aliphatic heterocycles. The van der Waals surface area contributed by atoms with Gasteiger partial charge < -0.3 is 18.9 Å². The van der Waals surface area contributed by atoms with Gasteiger partial charge in [0.05, 0.1) is 24.9 Å². The lowest BCUT2D eigenvalue weighted by molar-refractivity contribution is -0.173. The fourth-order valence-electron chi connectivity index (χ4n) is 3.62. The lowest BCUT2D eigenvalue weighted by Gasteiger charge is -2.39. The van der Waals surface area contributed by atoms with Crippen LogP contribution in [-0.2, 0) is 18.9 Å². The van der Waals surface area contributed by atoms with Gasteiger partial charge in [-0.25, -0.2) is 0 Å². The summed E-state index contributed by atoms with van der Waals surface area (Å²) in [6.07, 6.45) is 2.57. The molecule has 5 heteroatoms. The Labute approximate surface area is 140 Å². The van der Waals surface area contributed by atoms with Crippen molar-refractivity contribution in [3.63, 3.8) is 0 Å². The Hall–Kier alpha value is 0.310. The fourth-order valence-corrected chi connectivity index (χ4v) is 4.27. The van der Waals surface area contributed by atoms with Gasteiger partial charge >= 0.3 is 0 Å². The Balaban J connectivity index is 1.77. The summed E-state index contributed by atoms with van der Waals surface area (Å²) in [5, 5.41) is 0. The molecule has 3 aliphatic rings. The normalized spacial score (nSPS) is 45.5. The number of hydrogen-bond donors (Lipinski definition) is 0. The van der Waals surface area contributed by atoms with Crippen molar-refractivity contribution in [2.45, 2.75) is 69.9 Å². The van der Waals surface area contributed by atoms with E-state index in [4.69, 9.17) is 18.9 Å².